The Kier molecular flexibility index (Phi) is 10.7. The van der Waals surface area contributed by atoms with Crippen molar-refractivity contribution in [2.75, 3.05) is 31.1 Å². The van der Waals surface area contributed by atoms with Crippen LogP contribution in [0.25, 0.3) is 0 Å². The first-order valence-corrected chi connectivity index (χ1v) is 11.5. The standard InChI is InChI=1S/C20H29N3O3.2C2H6/c1-20(2,3)26-19(25)22-13-9-16(10-14-22)15-5-7-17(8-6-15)23-12-4-11-21-18(23)24;2*1-2/h5-8,16H,4,9-14H2,1-3H3,(H,21,24);2*1-2H3. The highest BCUT2D eigenvalue weighted by Gasteiger charge is 2.27. The summed E-state index contributed by atoms with van der Waals surface area (Å²) in [6.07, 6.45) is 2.62. The fourth-order valence-corrected chi connectivity index (χ4v) is 3.52. The Morgan fingerprint density at radius 3 is 2.07 bits per heavy atom. The molecule has 2 aliphatic heterocycles. The maximum absolute atomic E-state index is 12.2. The first-order valence-electron chi connectivity index (χ1n) is 11.5. The molecule has 0 saturated carbocycles. The molecular formula is C24H41N3O3. The van der Waals surface area contributed by atoms with Crippen LogP contribution in [0, 0.1) is 0 Å². The number of carbonyl (C=O) groups is 2. The lowest BCUT2D eigenvalue weighted by atomic mass is 9.89. The second-order valence-corrected chi connectivity index (χ2v) is 8.07. The predicted molar refractivity (Wildman–Crippen MR) is 124 cm³/mol. The Hall–Kier alpha value is -2.24. The molecule has 2 fully saturated rings. The number of hydrogen-bond donors (Lipinski definition) is 1. The summed E-state index contributed by atoms with van der Waals surface area (Å²) in [6.45, 7) is 16.6. The second-order valence-electron chi connectivity index (χ2n) is 8.07. The third kappa shape index (κ3) is 7.54. The van der Waals surface area contributed by atoms with Gasteiger partial charge in [-0.25, -0.2) is 9.59 Å². The number of piperidine rings is 1. The van der Waals surface area contributed by atoms with Gasteiger partial charge < -0.3 is 15.0 Å². The summed E-state index contributed by atoms with van der Waals surface area (Å²) < 4.78 is 5.45. The molecule has 30 heavy (non-hydrogen) atoms. The molecule has 0 unspecified atom stereocenters. The molecule has 0 radical (unpaired) electrons. The Bertz CT molecular complexity index is 645. The molecule has 3 rings (SSSR count). The molecule has 2 aliphatic rings. The maximum Gasteiger partial charge on any atom is 0.410 e. The average Bonchev–Trinajstić information content (AvgIpc) is 2.76. The van der Waals surface area contributed by atoms with Gasteiger partial charge in [0.1, 0.15) is 5.60 Å². The number of nitrogens with zero attached hydrogens (tertiary/aromatic N) is 2. The summed E-state index contributed by atoms with van der Waals surface area (Å²) in [4.78, 5) is 27.7. The highest BCUT2D eigenvalue weighted by Crippen LogP contribution is 2.30. The van der Waals surface area contributed by atoms with Crippen molar-refractivity contribution in [1.82, 2.24) is 10.2 Å². The van der Waals surface area contributed by atoms with Crippen LogP contribution in [0.2, 0.25) is 0 Å². The Balaban J connectivity index is 0.00000106. The van der Waals surface area contributed by atoms with Crippen molar-refractivity contribution in [2.24, 2.45) is 0 Å². The van der Waals surface area contributed by atoms with Gasteiger partial charge in [0.2, 0.25) is 0 Å². The van der Waals surface area contributed by atoms with E-state index in [-0.39, 0.29) is 12.1 Å². The van der Waals surface area contributed by atoms with Gasteiger partial charge in [-0.15, -0.1) is 0 Å². The molecule has 170 valence electrons. The number of ether oxygens (including phenoxy) is 1. The smallest absolute Gasteiger partial charge is 0.410 e. The number of benzene rings is 1. The third-order valence-electron chi connectivity index (χ3n) is 4.90. The highest BCUT2D eigenvalue weighted by atomic mass is 16.6. The number of hydrogen-bond acceptors (Lipinski definition) is 3. The van der Waals surface area contributed by atoms with E-state index in [4.69, 9.17) is 4.74 Å². The molecule has 0 aliphatic carbocycles. The zero-order chi connectivity index (χ0) is 22.7. The molecule has 1 N–H and O–H groups in total. The van der Waals surface area contributed by atoms with E-state index in [0.29, 0.717) is 5.92 Å². The summed E-state index contributed by atoms with van der Waals surface area (Å²) in [5.74, 6) is 0.443. The molecule has 1 aromatic rings. The van der Waals surface area contributed by atoms with Crippen molar-refractivity contribution in [3.63, 3.8) is 0 Å². The van der Waals surface area contributed by atoms with E-state index >= 15 is 0 Å². The normalized spacial score (nSPS) is 17.1. The summed E-state index contributed by atoms with van der Waals surface area (Å²) in [7, 11) is 0. The summed E-state index contributed by atoms with van der Waals surface area (Å²) >= 11 is 0. The van der Waals surface area contributed by atoms with Crippen LogP contribution < -0.4 is 10.2 Å². The average molecular weight is 420 g/mol. The minimum atomic E-state index is -0.454. The van der Waals surface area contributed by atoms with E-state index in [9.17, 15) is 9.59 Å². The minimum Gasteiger partial charge on any atom is -0.444 e. The van der Waals surface area contributed by atoms with E-state index in [1.165, 1.54) is 5.56 Å². The fourth-order valence-electron chi connectivity index (χ4n) is 3.52. The predicted octanol–water partition coefficient (Wildman–Crippen LogP) is 5.77. The summed E-state index contributed by atoms with van der Waals surface area (Å²) in [6, 6.07) is 8.27. The highest BCUT2D eigenvalue weighted by molar-refractivity contribution is 5.92. The van der Waals surface area contributed by atoms with Crippen molar-refractivity contribution < 1.29 is 14.3 Å². The Morgan fingerprint density at radius 1 is 1.00 bits per heavy atom. The molecule has 0 aromatic heterocycles. The van der Waals surface area contributed by atoms with Crippen LogP contribution >= 0.6 is 0 Å². The number of urea groups is 1. The van der Waals surface area contributed by atoms with Crippen molar-refractivity contribution >= 4 is 17.8 Å². The second kappa shape index (κ2) is 12.5. The zero-order valence-electron chi connectivity index (χ0n) is 20.0. The van der Waals surface area contributed by atoms with Gasteiger partial charge in [-0.2, -0.15) is 0 Å². The molecule has 0 atom stereocenters. The van der Waals surface area contributed by atoms with E-state index in [2.05, 4.69) is 17.4 Å². The first kappa shape index (κ1) is 25.8. The summed E-state index contributed by atoms with van der Waals surface area (Å²) in [5, 5.41) is 2.88. The molecule has 6 nitrogen and oxygen atoms in total. The Labute approximate surface area is 183 Å². The molecular weight excluding hydrogens is 378 g/mol. The molecule has 1 aromatic carbocycles. The first-order chi connectivity index (χ1) is 14.3. The lowest BCUT2D eigenvalue weighted by molar-refractivity contribution is 0.0205. The SMILES string of the molecule is CC.CC.CC(C)(C)OC(=O)N1CCC(c2ccc(N3CCCNC3=O)cc2)CC1. The monoisotopic (exact) mass is 419 g/mol. The van der Waals surface area contributed by atoms with Crippen molar-refractivity contribution in [3.05, 3.63) is 29.8 Å². The van der Waals surface area contributed by atoms with Gasteiger partial charge in [0.15, 0.2) is 0 Å². The van der Waals surface area contributed by atoms with Gasteiger partial charge in [0, 0.05) is 31.9 Å². The van der Waals surface area contributed by atoms with Crippen LogP contribution in [0.1, 0.15) is 79.2 Å². The quantitative estimate of drug-likeness (QED) is 0.661. The number of amides is 3. The van der Waals surface area contributed by atoms with Crippen LogP contribution in [0.5, 0.6) is 0 Å². The number of likely N-dealkylation sites (tertiary alicyclic amines) is 1. The topological polar surface area (TPSA) is 61.9 Å². The van der Waals surface area contributed by atoms with E-state index in [0.717, 1.165) is 51.1 Å². The maximum atomic E-state index is 12.2. The van der Waals surface area contributed by atoms with Gasteiger partial charge in [-0.3, -0.25) is 4.90 Å². The van der Waals surface area contributed by atoms with Crippen molar-refractivity contribution in [1.29, 1.82) is 0 Å². The number of anilines is 1. The fraction of sp³-hybridized carbons (Fsp3) is 0.667. The van der Waals surface area contributed by atoms with Crippen LogP contribution in [0.15, 0.2) is 24.3 Å². The van der Waals surface area contributed by atoms with Gasteiger partial charge in [0.25, 0.3) is 0 Å². The summed E-state index contributed by atoms with van der Waals surface area (Å²) in [5.41, 5.74) is 1.76. The largest absolute Gasteiger partial charge is 0.444 e. The van der Waals surface area contributed by atoms with Crippen LogP contribution in [-0.2, 0) is 4.74 Å². The zero-order valence-corrected chi connectivity index (χ0v) is 20.0. The third-order valence-corrected chi connectivity index (χ3v) is 4.90. The lowest BCUT2D eigenvalue weighted by Crippen LogP contribution is -2.46. The van der Waals surface area contributed by atoms with E-state index in [1.807, 2.05) is 60.6 Å². The van der Waals surface area contributed by atoms with Crippen LogP contribution in [0.4, 0.5) is 15.3 Å². The van der Waals surface area contributed by atoms with Gasteiger partial charge >= 0.3 is 12.1 Å². The lowest BCUT2D eigenvalue weighted by Gasteiger charge is -2.34. The van der Waals surface area contributed by atoms with Gasteiger partial charge in [-0.1, -0.05) is 39.8 Å². The Morgan fingerprint density at radius 2 is 1.57 bits per heavy atom. The van der Waals surface area contributed by atoms with Gasteiger partial charge in [-0.05, 0) is 63.6 Å². The van der Waals surface area contributed by atoms with Crippen molar-refractivity contribution in [2.45, 2.75) is 79.2 Å². The van der Waals surface area contributed by atoms with E-state index in [1.54, 1.807) is 9.80 Å². The van der Waals surface area contributed by atoms with Crippen LogP contribution in [-0.4, -0.2) is 48.8 Å². The minimum absolute atomic E-state index is 0.0188. The number of carbonyl (C=O) groups excluding carboxylic acids is 2. The molecule has 2 saturated heterocycles. The molecule has 3 amide bonds. The van der Waals surface area contributed by atoms with Gasteiger partial charge in [0.05, 0.1) is 0 Å². The molecule has 0 spiro atoms. The molecule has 0 bridgehead atoms. The number of rotatable bonds is 2. The number of nitrogens with one attached hydrogen (secondary N) is 1. The van der Waals surface area contributed by atoms with E-state index < -0.39 is 5.60 Å². The van der Waals surface area contributed by atoms with Crippen LogP contribution in [0.3, 0.4) is 0 Å². The molecule has 6 heteroatoms. The molecule has 2 heterocycles. The van der Waals surface area contributed by atoms with Crippen molar-refractivity contribution in [3.8, 4) is 0 Å².